The lowest BCUT2D eigenvalue weighted by atomic mass is 9.97. The third-order valence-electron chi connectivity index (χ3n) is 3.02. The van der Waals surface area contributed by atoms with Gasteiger partial charge in [0.1, 0.15) is 0 Å². The van der Waals surface area contributed by atoms with Crippen molar-refractivity contribution in [3.63, 3.8) is 0 Å². The van der Waals surface area contributed by atoms with E-state index in [0.29, 0.717) is 42.2 Å². The molecular formula is C11H14BrN3O3. The van der Waals surface area contributed by atoms with E-state index in [2.05, 4.69) is 25.9 Å². The Morgan fingerprint density at radius 1 is 1.56 bits per heavy atom. The van der Waals surface area contributed by atoms with Crippen LogP contribution in [0.25, 0.3) is 0 Å². The van der Waals surface area contributed by atoms with E-state index in [-0.39, 0.29) is 5.92 Å². The van der Waals surface area contributed by atoms with E-state index >= 15 is 0 Å². The maximum atomic E-state index is 10.9. The number of ether oxygens (including phenoxy) is 1. The molecule has 1 aliphatic heterocycles. The van der Waals surface area contributed by atoms with Crippen molar-refractivity contribution < 1.29 is 14.6 Å². The van der Waals surface area contributed by atoms with Crippen LogP contribution in [0.5, 0.6) is 5.88 Å². The Kier molecular flexibility index (Phi) is 4.00. The number of piperidine rings is 1. The third kappa shape index (κ3) is 2.72. The SMILES string of the molecule is COc1nc(N2CCC(C(=O)O)CC2)ncc1Br. The zero-order valence-corrected chi connectivity index (χ0v) is 11.6. The fraction of sp³-hybridized carbons (Fsp3) is 0.545. The summed E-state index contributed by atoms with van der Waals surface area (Å²) in [6, 6.07) is 0. The third-order valence-corrected chi connectivity index (χ3v) is 3.56. The van der Waals surface area contributed by atoms with Gasteiger partial charge in [-0.05, 0) is 28.8 Å². The summed E-state index contributed by atoms with van der Waals surface area (Å²) in [7, 11) is 1.55. The maximum absolute atomic E-state index is 10.9. The molecule has 2 rings (SSSR count). The summed E-state index contributed by atoms with van der Waals surface area (Å²) in [4.78, 5) is 21.4. The van der Waals surface area contributed by atoms with E-state index in [0.717, 1.165) is 0 Å². The zero-order chi connectivity index (χ0) is 13.1. The second kappa shape index (κ2) is 5.51. The molecule has 1 aromatic rings. The van der Waals surface area contributed by atoms with E-state index in [4.69, 9.17) is 9.84 Å². The second-order valence-electron chi connectivity index (χ2n) is 4.13. The van der Waals surface area contributed by atoms with Crippen LogP contribution in [-0.2, 0) is 4.79 Å². The van der Waals surface area contributed by atoms with Gasteiger partial charge in [-0.25, -0.2) is 4.98 Å². The van der Waals surface area contributed by atoms with Crippen molar-refractivity contribution in [3.8, 4) is 5.88 Å². The van der Waals surface area contributed by atoms with Gasteiger partial charge < -0.3 is 14.7 Å². The highest BCUT2D eigenvalue weighted by Gasteiger charge is 2.26. The molecule has 0 amide bonds. The lowest BCUT2D eigenvalue weighted by molar-refractivity contribution is -0.142. The molecule has 0 atom stereocenters. The molecule has 1 fully saturated rings. The van der Waals surface area contributed by atoms with Crippen LogP contribution in [0.15, 0.2) is 10.7 Å². The van der Waals surface area contributed by atoms with Crippen molar-refractivity contribution in [1.82, 2.24) is 9.97 Å². The molecular weight excluding hydrogens is 302 g/mol. The minimum absolute atomic E-state index is 0.251. The molecule has 0 saturated carbocycles. The summed E-state index contributed by atoms with van der Waals surface area (Å²) < 4.78 is 5.82. The first-order chi connectivity index (χ1) is 8.61. The minimum atomic E-state index is -0.719. The highest BCUT2D eigenvalue weighted by molar-refractivity contribution is 9.10. The van der Waals surface area contributed by atoms with Gasteiger partial charge in [-0.2, -0.15) is 4.98 Å². The molecule has 7 heteroatoms. The highest BCUT2D eigenvalue weighted by Crippen LogP contribution is 2.26. The van der Waals surface area contributed by atoms with Gasteiger partial charge >= 0.3 is 5.97 Å². The number of hydrogen-bond acceptors (Lipinski definition) is 5. The number of aliphatic carboxylic acids is 1. The van der Waals surface area contributed by atoms with Crippen LogP contribution in [0.1, 0.15) is 12.8 Å². The van der Waals surface area contributed by atoms with Crippen LogP contribution in [0, 0.1) is 5.92 Å². The van der Waals surface area contributed by atoms with E-state index in [1.807, 2.05) is 4.90 Å². The molecule has 0 bridgehead atoms. The number of nitrogens with zero attached hydrogens (tertiary/aromatic N) is 3. The largest absolute Gasteiger partial charge is 0.481 e. The minimum Gasteiger partial charge on any atom is -0.481 e. The molecule has 1 aromatic heterocycles. The van der Waals surface area contributed by atoms with Crippen LogP contribution < -0.4 is 9.64 Å². The molecule has 1 N–H and O–H groups in total. The summed E-state index contributed by atoms with van der Waals surface area (Å²) in [5, 5.41) is 8.94. The van der Waals surface area contributed by atoms with Crippen molar-refractivity contribution >= 4 is 27.8 Å². The zero-order valence-electron chi connectivity index (χ0n) is 9.97. The topological polar surface area (TPSA) is 75.5 Å². The Bertz CT molecular complexity index is 447. The summed E-state index contributed by atoms with van der Waals surface area (Å²) in [5.41, 5.74) is 0. The first kappa shape index (κ1) is 13.1. The molecule has 98 valence electrons. The van der Waals surface area contributed by atoms with Gasteiger partial charge in [0, 0.05) is 13.1 Å². The molecule has 6 nitrogen and oxygen atoms in total. The van der Waals surface area contributed by atoms with Gasteiger partial charge in [0.2, 0.25) is 11.8 Å². The van der Waals surface area contributed by atoms with Gasteiger partial charge in [0.15, 0.2) is 0 Å². The Balaban J connectivity index is 2.07. The molecule has 0 aromatic carbocycles. The average Bonchev–Trinajstić information content (AvgIpc) is 2.39. The summed E-state index contributed by atoms with van der Waals surface area (Å²) in [6.45, 7) is 1.31. The number of aromatic nitrogens is 2. The van der Waals surface area contributed by atoms with Crippen molar-refractivity contribution in [3.05, 3.63) is 10.7 Å². The number of hydrogen-bond donors (Lipinski definition) is 1. The monoisotopic (exact) mass is 315 g/mol. The normalized spacial score (nSPS) is 16.7. The Hall–Kier alpha value is -1.37. The fourth-order valence-electron chi connectivity index (χ4n) is 1.96. The number of carboxylic acids is 1. The second-order valence-corrected chi connectivity index (χ2v) is 4.98. The number of carboxylic acid groups (broad SMARTS) is 1. The highest BCUT2D eigenvalue weighted by atomic mass is 79.9. The Morgan fingerprint density at radius 3 is 2.78 bits per heavy atom. The van der Waals surface area contributed by atoms with E-state index < -0.39 is 5.97 Å². The van der Waals surface area contributed by atoms with Crippen molar-refractivity contribution in [2.45, 2.75) is 12.8 Å². The quantitative estimate of drug-likeness (QED) is 0.912. The van der Waals surface area contributed by atoms with Crippen LogP contribution in [0.3, 0.4) is 0 Å². The molecule has 2 heterocycles. The molecule has 1 saturated heterocycles. The smallest absolute Gasteiger partial charge is 0.306 e. The summed E-state index contributed by atoms with van der Waals surface area (Å²) >= 11 is 3.30. The number of rotatable bonds is 3. The Labute approximate surface area is 113 Å². The van der Waals surface area contributed by atoms with Gasteiger partial charge in [0.05, 0.1) is 23.7 Å². The van der Waals surface area contributed by atoms with E-state index in [1.165, 1.54) is 0 Å². The first-order valence-electron chi connectivity index (χ1n) is 5.66. The molecule has 0 unspecified atom stereocenters. The van der Waals surface area contributed by atoms with Gasteiger partial charge in [-0.1, -0.05) is 0 Å². The number of carbonyl (C=O) groups is 1. The van der Waals surface area contributed by atoms with E-state index in [1.54, 1.807) is 13.3 Å². The molecule has 1 aliphatic rings. The van der Waals surface area contributed by atoms with Crippen molar-refractivity contribution in [1.29, 1.82) is 0 Å². The first-order valence-corrected chi connectivity index (χ1v) is 6.45. The standard InChI is InChI=1S/C11H14BrN3O3/c1-18-9-8(12)6-13-11(14-9)15-4-2-7(3-5-15)10(16)17/h6-7H,2-5H2,1H3,(H,16,17). The molecule has 0 spiro atoms. The lowest BCUT2D eigenvalue weighted by Gasteiger charge is -2.30. The average molecular weight is 316 g/mol. The molecule has 0 aliphatic carbocycles. The summed E-state index contributed by atoms with van der Waals surface area (Å²) in [6.07, 6.45) is 2.89. The predicted octanol–water partition coefficient (Wildman–Crippen LogP) is 1.55. The van der Waals surface area contributed by atoms with Gasteiger partial charge in [-0.15, -0.1) is 0 Å². The number of anilines is 1. The van der Waals surface area contributed by atoms with Gasteiger partial charge in [0.25, 0.3) is 0 Å². The molecule has 0 radical (unpaired) electrons. The van der Waals surface area contributed by atoms with Crippen LogP contribution in [0.4, 0.5) is 5.95 Å². The summed E-state index contributed by atoms with van der Waals surface area (Å²) in [5.74, 6) is 0.0989. The van der Waals surface area contributed by atoms with Crippen LogP contribution >= 0.6 is 15.9 Å². The van der Waals surface area contributed by atoms with Crippen molar-refractivity contribution in [2.75, 3.05) is 25.1 Å². The maximum Gasteiger partial charge on any atom is 0.306 e. The van der Waals surface area contributed by atoms with E-state index in [9.17, 15) is 4.79 Å². The lowest BCUT2D eigenvalue weighted by Crippen LogP contribution is -2.37. The van der Waals surface area contributed by atoms with Gasteiger partial charge in [-0.3, -0.25) is 4.79 Å². The molecule has 18 heavy (non-hydrogen) atoms. The number of halogens is 1. The Morgan fingerprint density at radius 2 is 2.22 bits per heavy atom. The predicted molar refractivity (Wildman–Crippen MR) is 68.9 cm³/mol. The van der Waals surface area contributed by atoms with Crippen LogP contribution in [-0.4, -0.2) is 41.2 Å². The fourth-order valence-corrected chi connectivity index (χ4v) is 2.32. The van der Waals surface area contributed by atoms with Crippen molar-refractivity contribution in [2.24, 2.45) is 5.92 Å². The number of methoxy groups -OCH3 is 1. The van der Waals surface area contributed by atoms with Crippen LogP contribution in [0.2, 0.25) is 0 Å².